The Morgan fingerprint density at radius 1 is 1.28 bits per heavy atom. The Labute approximate surface area is 107 Å². The summed E-state index contributed by atoms with van der Waals surface area (Å²) in [5.74, 6) is 0. The van der Waals surface area contributed by atoms with Crippen molar-refractivity contribution in [2.24, 2.45) is 0 Å². The van der Waals surface area contributed by atoms with Crippen LogP contribution >= 0.6 is 0 Å². The van der Waals surface area contributed by atoms with Gasteiger partial charge in [0.1, 0.15) is 0 Å². The van der Waals surface area contributed by atoms with Gasteiger partial charge in [0.05, 0.1) is 25.0 Å². The lowest BCUT2D eigenvalue weighted by Gasteiger charge is -2.00. The van der Waals surface area contributed by atoms with E-state index in [4.69, 9.17) is 4.74 Å². The molecule has 1 N–H and O–H groups in total. The molecule has 0 fully saturated rings. The first kappa shape index (κ1) is 12.7. The van der Waals surface area contributed by atoms with Gasteiger partial charge in [-0.2, -0.15) is 0 Å². The highest BCUT2D eigenvalue weighted by molar-refractivity contribution is 5.14. The van der Waals surface area contributed by atoms with Gasteiger partial charge in [-0.25, -0.2) is 4.68 Å². The van der Waals surface area contributed by atoms with Crippen molar-refractivity contribution in [1.82, 2.24) is 20.3 Å². The summed E-state index contributed by atoms with van der Waals surface area (Å²) in [5.41, 5.74) is 2.17. The smallest absolute Gasteiger partial charge is 0.0964 e. The van der Waals surface area contributed by atoms with Crippen LogP contribution in [-0.4, -0.2) is 35.3 Å². The second-order valence-corrected chi connectivity index (χ2v) is 4.06. The van der Waals surface area contributed by atoms with Crippen LogP contribution in [-0.2, 0) is 17.8 Å². The molecule has 2 rings (SSSR count). The summed E-state index contributed by atoms with van der Waals surface area (Å²) in [6, 6.07) is 10.2. The van der Waals surface area contributed by atoms with Gasteiger partial charge in [0.2, 0.25) is 0 Å². The normalized spacial score (nSPS) is 10.7. The van der Waals surface area contributed by atoms with Crippen LogP contribution in [0.5, 0.6) is 0 Å². The molecule has 0 bridgehead atoms. The van der Waals surface area contributed by atoms with E-state index < -0.39 is 0 Å². The summed E-state index contributed by atoms with van der Waals surface area (Å²) in [6.45, 7) is 3.00. The molecule has 2 aromatic rings. The molecule has 0 unspecified atom stereocenters. The third kappa shape index (κ3) is 3.94. The molecular weight excluding hydrogens is 228 g/mol. The molecule has 0 aliphatic rings. The van der Waals surface area contributed by atoms with Crippen molar-refractivity contribution >= 4 is 0 Å². The molecule has 1 heterocycles. The van der Waals surface area contributed by atoms with Gasteiger partial charge in [0, 0.05) is 20.2 Å². The van der Waals surface area contributed by atoms with Crippen molar-refractivity contribution in [1.29, 1.82) is 0 Å². The Balaban J connectivity index is 1.83. The summed E-state index contributed by atoms with van der Waals surface area (Å²) >= 11 is 0. The van der Waals surface area contributed by atoms with Gasteiger partial charge in [0.25, 0.3) is 0 Å². The number of benzene rings is 1. The number of hydrogen-bond donors (Lipinski definition) is 1. The molecule has 18 heavy (non-hydrogen) atoms. The third-order valence-electron chi connectivity index (χ3n) is 2.56. The zero-order chi connectivity index (χ0) is 12.6. The van der Waals surface area contributed by atoms with E-state index in [0.717, 1.165) is 25.3 Å². The summed E-state index contributed by atoms with van der Waals surface area (Å²) in [6.07, 6.45) is 1.97. The van der Waals surface area contributed by atoms with Gasteiger partial charge < -0.3 is 10.1 Å². The maximum absolute atomic E-state index is 4.96. The van der Waals surface area contributed by atoms with E-state index in [0.29, 0.717) is 6.61 Å². The molecule has 0 saturated carbocycles. The quantitative estimate of drug-likeness (QED) is 0.742. The highest BCUT2D eigenvalue weighted by atomic mass is 16.5. The number of nitrogens with zero attached hydrogens (tertiary/aromatic N) is 3. The number of aromatic nitrogens is 3. The van der Waals surface area contributed by atoms with Gasteiger partial charge in [-0.05, 0) is 5.56 Å². The molecule has 0 aliphatic carbocycles. The fourth-order valence-corrected chi connectivity index (χ4v) is 1.66. The summed E-state index contributed by atoms with van der Waals surface area (Å²) in [5, 5.41) is 11.5. The van der Waals surface area contributed by atoms with Crippen LogP contribution in [0.4, 0.5) is 0 Å². The Hall–Kier alpha value is -1.72. The average molecular weight is 246 g/mol. The third-order valence-corrected chi connectivity index (χ3v) is 2.56. The number of nitrogens with one attached hydrogen (secondary N) is 1. The molecular formula is C13H18N4O. The molecule has 0 spiro atoms. The molecule has 0 radical (unpaired) electrons. The Bertz CT molecular complexity index is 455. The highest BCUT2D eigenvalue weighted by Gasteiger charge is 2.00. The first-order valence-electron chi connectivity index (χ1n) is 6.01. The van der Waals surface area contributed by atoms with Gasteiger partial charge in [-0.3, -0.25) is 0 Å². The minimum Gasteiger partial charge on any atom is -0.383 e. The van der Waals surface area contributed by atoms with Crippen molar-refractivity contribution < 1.29 is 4.74 Å². The number of ether oxygens (including phenoxy) is 1. The molecule has 1 aromatic heterocycles. The zero-order valence-electron chi connectivity index (χ0n) is 10.5. The number of rotatable bonds is 7. The van der Waals surface area contributed by atoms with Crippen LogP contribution in [0.15, 0.2) is 36.5 Å². The summed E-state index contributed by atoms with van der Waals surface area (Å²) < 4.78 is 6.81. The Kier molecular flexibility index (Phi) is 4.87. The van der Waals surface area contributed by atoms with Crippen LogP contribution in [0.25, 0.3) is 0 Å². The molecule has 5 heteroatoms. The minimum absolute atomic E-state index is 0.707. The lowest BCUT2D eigenvalue weighted by Crippen LogP contribution is -2.18. The van der Waals surface area contributed by atoms with Crippen molar-refractivity contribution in [3.63, 3.8) is 0 Å². The van der Waals surface area contributed by atoms with Gasteiger partial charge in [0.15, 0.2) is 0 Å². The average Bonchev–Trinajstić information content (AvgIpc) is 2.84. The van der Waals surface area contributed by atoms with E-state index in [9.17, 15) is 0 Å². The van der Waals surface area contributed by atoms with Crippen molar-refractivity contribution in [3.05, 3.63) is 47.8 Å². The second-order valence-electron chi connectivity index (χ2n) is 4.06. The van der Waals surface area contributed by atoms with Crippen molar-refractivity contribution in [3.8, 4) is 0 Å². The molecule has 0 saturated heterocycles. The maximum atomic E-state index is 4.96. The van der Waals surface area contributed by atoms with Gasteiger partial charge >= 0.3 is 0 Å². The Morgan fingerprint density at radius 3 is 2.89 bits per heavy atom. The predicted octanol–water partition coefficient (Wildman–Crippen LogP) is 1.06. The summed E-state index contributed by atoms with van der Waals surface area (Å²) in [7, 11) is 1.69. The van der Waals surface area contributed by atoms with E-state index >= 15 is 0 Å². The minimum atomic E-state index is 0.707. The van der Waals surface area contributed by atoms with Crippen molar-refractivity contribution in [2.45, 2.75) is 13.1 Å². The fraction of sp³-hybridized carbons (Fsp3) is 0.385. The van der Waals surface area contributed by atoms with Crippen LogP contribution < -0.4 is 5.32 Å². The van der Waals surface area contributed by atoms with Crippen LogP contribution in [0.1, 0.15) is 11.3 Å². The second kappa shape index (κ2) is 6.88. The monoisotopic (exact) mass is 246 g/mol. The lowest BCUT2D eigenvalue weighted by molar-refractivity contribution is 0.199. The highest BCUT2D eigenvalue weighted by Crippen LogP contribution is 2.01. The largest absolute Gasteiger partial charge is 0.383 e. The Morgan fingerprint density at radius 2 is 2.11 bits per heavy atom. The summed E-state index contributed by atoms with van der Waals surface area (Å²) in [4.78, 5) is 0. The predicted molar refractivity (Wildman–Crippen MR) is 69.1 cm³/mol. The molecule has 0 aliphatic heterocycles. The molecule has 0 amide bonds. The van der Waals surface area contributed by atoms with Crippen LogP contribution in [0, 0.1) is 0 Å². The molecule has 1 aromatic carbocycles. The lowest BCUT2D eigenvalue weighted by atomic mass is 10.2. The fourth-order valence-electron chi connectivity index (χ4n) is 1.66. The van der Waals surface area contributed by atoms with E-state index in [-0.39, 0.29) is 0 Å². The zero-order valence-corrected chi connectivity index (χ0v) is 10.5. The standard InChI is InChI=1S/C13H18N4O/c1-18-8-7-14-9-13-11-17(16-15-13)10-12-5-3-2-4-6-12/h2-6,11,14H,7-10H2,1H3. The van der Waals surface area contributed by atoms with E-state index in [2.05, 4.69) is 27.8 Å². The number of hydrogen-bond acceptors (Lipinski definition) is 4. The van der Waals surface area contributed by atoms with Crippen molar-refractivity contribution in [2.75, 3.05) is 20.3 Å². The number of methoxy groups -OCH3 is 1. The molecule has 5 nitrogen and oxygen atoms in total. The van der Waals surface area contributed by atoms with E-state index in [1.165, 1.54) is 5.56 Å². The topological polar surface area (TPSA) is 52.0 Å². The maximum Gasteiger partial charge on any atom is 0.0964 e. The van der Waals surface area contributed by atoms with Crippen LogP contribution in [0.2, 0.25) is 0 Å². The SMILES string of the molecule is COCCNCc1cn(Cc2ccccc2)nn1. The van der Waals surface area contributed by atoms with Gasteiger partial charge in [-0.1, -0.05) is 35.5 Å². The van der Waals surface area contributed by atoms with E-state index in [1.807, 2.05) is 29.1 Å². The first-order valence-corrected chi connectivity index (χ1v) is 6.01. The molecule has 96 valence electrons. The van der Waals surface area contributed by atoms with Gasteiger partial charge in [-0.15, -0.1) is 5.10 Å². The first-order chi connectivity index (χ1) is 8.88. The van der Waals surface area contributed by atoms with E-state index in [1.54, 1.807) is 7.11 Å². The van der Waals surface area contributed by atoms with Crippen LogP contribution in [0.3, 0.4) is 0 Å². The molecule has 0 atom stereocenters.